The molecule has 1 aliphatic rings. The molecule has 2 rings (SSSR count). The minimum atomic E-state index is -0.634. The zero-order chi connectivity index (χ0) is 14.7. The number of methoxy groups -OCH3 is 1. The van der Waals surface area contributed by atoms with Gasteiger partial charge in [-0.25, -0.2) is 9.18 Å². The summed E-state index contributed by atoms with van der Waals surface area (Å²) >= 11 is 0. The molecule has 1 amide bonds. The van der Waals surface area contributed by atoms with Crippen molar-refractivity contribution in [3.63, 3.8) is 0 Å². The van der Waals surface area contributed by atoms with Crippen LogP contribution in [-0.2, 0) is 14.3 Å². The number of hydrogen-bond donors (Lipinski definition) is 1. The number of amides is 1. The topological polar surface area (TPSA) is 72.6 Å². The summed E-state index contributed by atoms with van der Waals surface area (Å²) in [5.74, 6) is -1.42. The molecule has 0 aromatic heterocycles. The molecule has 0 radical (unpaired) electrons. The third kappa shape index (κ3) is 2.96. The molecular weight excluding hydrogens is 263 g/mol. The maximum absolute atomic E-state index is 13.0. The molecule has 1 aromatic carbocycles. The Hall–Kier alpha value is -1.95. The molecule has 0 unspecified atom stereocenters. The average Bonchev–Trinajstić information content (AvgIpc) is 2.90. The predicted octanol–water partition coefficient (Wildman–Crippen LogP) is 0.847. The van der Waals surface area contributed by atoms with Gasteiger partial charge in [-0.05, 0) is 24.1 Å². The first-order valence-electron chi connectivity index (χ1n) is 6.39. The van der Waals surface area contributed by atoms with Gasteiger partial charge in [-0.1, -0.05) is 12.1 Å². The van der Waals surface area contributed by atoms with Gasteiger partial charge in [0.05, 0.1) is 13.0 Å². The summed E-state index contributed by atoms with van der Waals surface area (Å²) in [5.41, 5.74) is 5.94. The number of nitrogens with two attached hydrogens (primary N) is 1. The molecule has 108 valence electrons. The van der Waals surface area contributed by atoms with Crippen LogP contribution in [0.3, 0.4) is 0 Å². The number of ether oxygens (including phenoxy) is 1. The summed E-state index contributed by atoms with van der Waals surface area (Å²) in [4.78, 5) is 25.0. The SMILES string of the molecule is COC(=O)[C@H](c1ccc(F)cc1)N1CC[C@@H](C(N)=O)C1. The van der Waals surface area contributed by atoms with Gasteiger partial charge in [0.1, 0.15) is 11.9 Å². The number of benzene rings is 1. The first kappa shape index (κ1) is 14.5. The number of hydrogen-bond acceptors (Lipinski definition) is 4. The van der Waals surface area contributed by atoms with E-state index in [1.807, 2.05) is 4.90 Å². The number of halogens is 1. The van der Waals surface area contributed by atoms with Crippen molar-refractivity contribution >= 4 is 11.9 Å². The van der Waals surface area contributed by atoms with Crippen molar-refractivity contribution in [1.29, 1.82) is 0 Å². The van der Waals surface area contributed by atoms with E-state index in [4.69, 9.17) is 10.5 Å². The summed E-state index contributed by atoms with van der Waals surface area (Å²) in [5, 5.41) is 0. The molecule has 1 aliphatic heterocycles. The Morgan fingerprint density at radius 3 is 2.55 bits per heavy atom. The molecule has 0 saturated carbocycles. The Morgan fingerprint density at radius 1 is 1.40 bits per heavy atom. The monoisotopic (exact) mass is 280 g/mol. The quantitative estimate of drug-likeness (QED) is 0.830. The molecule has 1 saturated heterocycles. The van der Waals surface area contributed by atoms with Crippen LogP contribution in [0.25, 0.3) is 0 Å². The normalized spacial score (nSPS) is 20.6. The van der Waals surface area contributed by atoms with Crippen LogP contribution < -0.4 is 5.73 Å². The van der Waals surface area contributed by atoms with Crippen LogP contribution in [0.5, 0.6) is 0 Å². The highest BCUT2D eigenvalue weighted by Crippen LogP contribution is 2.28. The molecule has 0 spiro atoms. The fraction of sp³-hybridized carbons (Fsp3) is 0.429. The minimum absolute atomic E-state index is 0.261. The van der Waals surface area contributed by atoms with E-state index in [0.717, 1.165) is 0 Å². The average molecular weight is 280 g/mol. The van der Waals surface area contributed by atoms with Crippen molar-refractivity contribution in [3.8, 4) is 0 Å². The van der Waals surface area contributed by atoms with Crippen molar-refractivity contribution < 1.29 is 18.7 Å². The van der Waals surface area contributed by atoms with Gasteiger partial charge in [0.2, 0.25) is 5.91 Å². The first-order chi connectivity index (χ1) is 9.52. The number of carbonyl (C=O) groups excluding carboxylic acids is 2. The van der Waals surface area contributed by atoms with Gasteiger partial charge >= 0.3 is 5.97 Å². The van der Waals surface area contributed by atoms with E-state index in [-0.39, 0.29) is 17.6 Å². The molecule has 1 fully saturated rings. The Kier molecular flexibility index (Phi) is 4.34. The molecule has 0 bridgehead atoms. The van der Waals surface area contributed by atoms with Crippen molar-refractivity contribution in [3.05, 3.63) is 35.6 Å². The number of likely N-dealkylation sites (tertiary alicyclic amines) is 1. The van der Waals surface area contributed by atoms with Crippen LogP contribution in [0.4, 0.5) is 4.39 Å². The maximum Gasteiger partial charge on any atom is 0.327 e. The summed E-state index contributed by atoms with van der Waals surface area (Å²) in [7, 11) is 1.31. The van der Waals surface area contributed by atoms with Crippen molar-refractivity contribution in [2.45, 2.75) is 12.5 Å². The number of nitrogens with zero attached hydrogens (tertiary/aromatic N) is 1. The molecular formula is C14H17FN2O3. The molecule has 6 heteroatoms. The first-order valence-corrected chi connectivity index (χ1v) is 6.39. The summed E-state index contributed by atoms with van der Waals surface area (Å²) in [6, 6.07) is 5.06. The lowest BCUT2D eigenvalue weighted by Crippen LogP contribution is -2.35. The van der Waals surface area contributed by atoms with Gasteiger partial charge in [0.15, 0.2) is 0 Å². The van der Waals surface area contributed by atoms with Gasteiger partial charge in [-0.15, -0.1) is 0 Å². The second-order valence-electron chi connectivity index (χ2n) is 4.86. The van der Waals surface area contributed by atoms with Crippen LogP contribution in [0.15, 0.2) is 24.3 Å². The lowest BCUT2D eigenvalue weighted by atomic mass is 10.1. The van der Waals surface area contributed by atoms with E-state index in [1.165, 1.54) is 19.2 Å². The molecule has 5 nitrogen and oxygen atoms in total. The van der Waals surface area contributed by atoms with Gasteiger partial charge in [-0.3, -0.25) is 9.69 Å². The highest BCUT2D eigenvalue weighted by atomic mass is 19.1. The van der Waals surface area contributed by atoms with Gasteiger partial charge in [-0.2, -0.15) is 0 Å². The van der Waals surface area contributed by atoms with Crippen LogP contribution in [-0.4, -0.2) is 37.0 Å². The third-order valence-electron chi connectivity index (χ3n) is 3.60. The van der Waals surface area contributed by atoms with Gasteiger partial charge < -0.3 is 10.5 Å². The number of primary amides is 1. The fourth-order valence-corrected chi connectivity index (χ4v) is 2.51. The second-order valence-corrected chi connectivity index (χ2v) is 4.86. The zero-order valence-corrected chi connectivity index (χ0v) is 11.2. The van der Waals surface area contributed by atoms with Crippen LogP contribution >= 0.6 is 0 Å². The molecule has 0 aliphatic carbocycles. The standard InChI is InChI=1S/C14H17FN2O3/c1-20-14(19)12(9-2-4-11(15)5-3-9)17-7-6-10(8-17)13(16)18/h2-5,10,12H,6-8H2,1H3,(H2,16,18)/t10-,12+/m1/s1. The van der Waals surface area contributed by atoms with E-state index in [2.05, 4.69) is 0 Å². The number of rotatable bonds is 4. The van der Waals surface area contributed by atoms with E-state index in [9.17, 15) is 14.0 Å². The Morgan fingerprint density at radius 2 is 2.05 bits per heavy atom. The van der Waals surface area contributed by atoms with Crippen molar-refractivity contribution in [1.82, 2.24) is 4.90 Å². The summed E-state index contributed by atoms with van der Waals surface area (Å²) in [6.45, 7) is 0.983. The Bertz CT molecular complexity index is 504. The lowest BCUT2D eigenvalue weighted by molar-refractivity contribution is -0.147. The molecule has 1 aromatic rings. The highest BCUT2D eigenvalue weighted by Gasteiger charge is 2.36. The van der Waals surface area contributed by atoms with E-state index >= 15 is 0 Å². The molecule has 2 N–H and O–H groups in total. The molecule has 20 heavy (non-hydrogen) atoms. The van der Waals surface area contributed by atoms with Crippen LogP contribution in [0, 0.1) is 11.7 Å². The second kappa shape index (κ2) is 6.00. The zero-order valence-electron chi connectivity index (χ0n) is 11.2. The van der Waals surface area contributed by atoms with Gasteiger partial charge in [0, 0.05) is 13.1 Å². The lowest BCUT2D eigenvalue weighted by Gasteiger charge is -2.25. The van der Waals surface area contributed by atoms with Gasteiger partial charge in [0.25, 0.3) is 0 Å². The Balaban J connectivity index is 2.23. The fourth-order valence-electron chi connectivity index (χ4n) is 2.51. The number of carbonyl (C=O) groups is 2. The number of esters is 1. The van der Waals surface area contributed by atoms with Crippen LogP contribution in [0.2, 0.25) is 0 Å². The molecule has 1 heterocycles. The smallest absolute Gasteiger partial charge is 0.327 e. The molecule has 2 atom stereocenters. The summed E-state index contributed by atoms with van der Waals surface area (Å²) < 4.78 is 17.8. The Labute approximate surface area is 116 Å². The van der Waals surface area contributed by atoms with Crippen molar-refractivity contribution in [2.75, 3.05) is 20.2 Å². The maximum atomic E-state index is 13.0. The summed E-state index contributed by atoms with van der Waals surface area (Å²) in [6.07, 6.45) is 0.615. The largest absolute Gasteiger partial charge is 0.468 e. The van der Waals surface area contributed by atoms with Crippen LogP contribution in [0.1, 0.15) is 18.0 Å². The predicted molar refractivity (Wildman–Crippen MR) is 70.0 cm³/mol. The third-order valence-corrected chi connectivity index (χ3v) is 3.60. The highest BCUT2D eigenvalue weighted by molar-refractivity contribution is 5.79. The van der Waals surface area contributed by atoms with E-state index in [0.29, 0.717) is 25.1 Å². The minimum Gasteiger partial charge on any atom is -0.468 e. The van der Waals surface area contributed by atoms with Crippen molar-refractivity contribution in [2.24, 2.45) is 11.7 Å². The van der Waals surface area contributed by atoms with E-state index in [1.54, 1.807) is 12.1 Å². The van der Waals surface area contributed by atoms with E-state index < -0.39 is 12.0 Å².